The van der Waals surface area contributed by atoms with Gasteiger partial charge in [-0.2, -0.15) is 0 Å². The third kappa shape index (κ3) is 8.24. The van der Waals surface area contributed by atoms with Crippen molar-refractivity contribution >= 4 is 41.3 Å². The van der Waals surface area contributed by atoms with Gasteiger partial charge in [0.15, 0.2) is 5.96 Å². The molecule has 2 aromatic rings. The van der Waals surface area contributed by atoms with Crippen molar-refractivity contribution in [2.75, 3.05) is 45.9 Å². The molecule has 0 radical (unpaired) electrons. The lowest BCUT2D eigenvalue weighted by atomic mass is 10.0. The molecule has 1 unspecified atom stereocenters. The van der Waals surface area contributed by atoms with Crippen LogP contribution in [0.15, 0.2) is 34.6 Å². The summed E-state index contributed by atoms with van der Waals surface area (Å²) < 4.78 is 19.0. The Morgan fingerprint density at radius 2 is 1.94 bits per heavy atom. The third-order valence-corrected chi connectivity index (χ3v) is 6.44. The molecule has 1 aromatic heterocycles. The van der Waals surface area contributed by atoms with Gasteiger partial charge < -0.3 is 15.4 Å². The van der Waals surface area contributed by atoms with Gasteiger partial charge in [0, 0.05) is 43.9 Å². The standard InChI is InChI=1S/C23H34FN5OS.HI/c1-4-25-23(26-10-9-20-16-31-22(28-20)17(2)3)27-15-21(29-11-13-30-14-12-29)18-5-7-19(24)8-6-18;/h5-8,16-17,21H,4,9-15H2,1-3H3,(H2,25,26,27);1H. The number of nitrogens with one attached hydrogen (secondary N) is 2. The number of halogens is 2. The fourth-order valence-corrected chi connectivity index (χ4v) is 4.41. The monoisotopic (exact) mass is 575 g/mol. The number of morpholine rings is 1. The van der Waals surface area contributed by atoms with Crippen LogP contribution in [0, 0.1) is 5.82 Å². The van der Waals surface area contributed by atoms with Gasteiger partial charge in [-0.25, -0.2) is 9.37 Å². The summed E-state index contributed by atoms with van der Waals surface area (Å²) in [5, 5.41) is 10.1. The molecule has 0 amide bonds. The van der Waals surface area contributed by atoms with Gasteiger partial charge >= 0.3 is 0 Å². The first-order chi connectivity index (χ1) is 15.1. The van der Waals surface area contributed by atoms with Crippen molar-refractivity contribution in [3.05, 3.63) is 51.7 Å². The summed E-state index contributed by atoms with van der Waals surface area (Å²) in [5.74, 6) is 1.04. The van der Waals surface area contributed by atoms with Gasteiger partial charge in [0.05, 0.1) is 36.5 Å². The summed E-state index contributed by atoms with van der Waals surface area (Å²) in [7, 11) is 0. The highest BCUT2D eigenvalue weighted by Crippen LogP contribution is 2.23. The van der Waals surface area contributed by atoms with Crippen LogP contribution in [0.1, 0.15) is 49.0 Å². The normalized spacial score (nSPS) is 16.0. The Balaban J connectivity index is 0.00000363. The lowest BCUT2D eigenvalue weighted by Gasteiger charge is -2.34. The summed E-state index contributed by atoms with van der Waals surface area (Å²) in [4.78, 5) is 11.9. The average Bonchev–Trinajstić information content (AvgIpc) is 3.25. The molecule has 0 bridgehead atoms. The molecule has 1 aliphatic heterocycles. The van der Waals surface area contributed by atoms with E-state index in [4.69, 9.17) is 14.7 Å². The molecule has 0 spiro atoms. The van der Waals surface area contributed by atoms with E-state index in [-0.39, 0.29) is 35.8 Å². The Hall–Kier alpha value is -1.30. The highest BCUT2D eigenvalue weighted by molar-refractivity contribution is 14.0. The summed E-state index contributed by atoms with van der Waals surface area (Å²) >= 11 is 1.73. The molecular formula is C23H35FIN5OS. The summed E-state index contributed by atoms with van der Waals surface area (Å²) in [6.45, 7) is 11.7. The zero-order chi connectivity index (χ0) is 22.1. The zero-order valence-electron chi connectivity index (χ0n) is 19.1. The molecule has 1 fully saturated rings. The number of aromatic nitrogens is 1. The van der Waals surface area contributed by atoms with Crippen molar-refractivity contribution in [3.8, 4) is 0 Å². The highest BCUT2D eigenvalue weighted by Gasteiger charge is 2.22. The summed E-state index contributed by atoms with van der Waals surface area (Å²) in [5.41, 5.74) is 2.20. The number of guanidine groups is 1. The van der Waals surface area contributed by atoms with Crippen molar-refractivity contribution in [2.24, 2.45) is 4.99 Å². The largest absolute Gasteiger partial charge is 0.379 e. The predicted molar refractivity (Wildman–Crippen MR) is 141 cm³/mol. The Kier molecular flexibility index (Phi) is 11.8. The van der Waals surface area contributed by atoms with Crippen molar-refractivity contribution < 1.29 is 9.13 Å². The molecular weight excluding hydrogens is 540 g/mol. The van der Waals surface area contributed by atoms with E-state index < -0.39 is 0 Å². The Morgan fingerprint density at radius 1 is 1.22 bits per heavy atom. The molecule has 1 aliphatic rings. The fourth-order valence-electron chi connectivity index (χ4n) is 3.54. The molecule has 0 aliphatic carbocycles. The van der Waals surface area contributed by atoms with Crippen LogP contribution in [0.3, 0.4) is 0 Å². The molecule has 1 atom stereocenters. The van der Waals surface area contributed by atoms with Crippen LogP contribution in [-0.4, -0.2) is 61.8 Å². The number of hydrogen-bond acceptors (Lipinski definition) is 5. The van der Waals surface area contributed by atoms with Gasteiger partial charge in [-0.1, -0.05) is 26.0 Å². The number of benzene rings is 1. The van der Waals surface area contributed by atoms with E-state index in [9.17, 15) is 4.39 Å². The average molecular weight is 576 g/mol. The maximum atomic E-state index is 13.4. The van der Waals surface area contributed by atoms with Crippen LogP contribution in [0.5, 0.6) is 0 Å². The molecule has 3 rings (SSSR count). The minimum absolute atomic E-state index is 0. The number of thiazole rings is 1. The zero-order valence-corrected chi connectivity index (χ0v) is 22.3. The van der Waals surface area contributed by atoms with Crippen molar-refractivity contribution in [1.82, 2.24) is 20.5 Å². The first-order valence-corrected chi connectivity index (χ1v) is 12.0. The van der Waals surface area contributed by atoms with Crippen LogP contribution in [-0.2, 0) is 11.2 Å². The smallest absolute Gasteiger partial charge is 0.191 e. The lowest BCUT2D eigenvalue weighted by molar-refractivity contribution is 0.0179. The molecule has 32 heavy (non-hydrogen) atoms. The van der Waals surface area contributed by atoms with E-state index in [1.807, 2.05) is 12.1 Å². The van der Waals surface area contributed by atoms with E-state index in [2.05, 4.69) is 41.7 Å². The Morgan fingerprint density at radius 3 is 2.56 bits per heavy atom. The first-order valence-electron chi connectivity index (χ1n) is 11.1. The number of nitrogens with zero attached hydrogens (tertiary/aromatic N) is 3. The molecule has 9 heteroatoms. The van der Waals surface area contributed by atoms with Crippen LogP contribution in [0.4, 0.5) is 4.39 Å². The lowest BCUT2D eigenvalue weighted by Crippen LogP contribution is -2.42. The second-order valence-electron chi connectivity index (χ2n) is 7.94. The topological polar surface area (TPSA) is 61.8 Å². The number of ether oxygens (including phenoxy) is 1. The van der Waals surface area contributed by atoms with Crippen molar-refractivity contribution in [3.63, 3.8) is 0 Å². The van der Waals surface area contributed by atoms with Gasteiger partial charge in [-0.05, 0) is 24.6 Å². The first kappa shape index (κ1) is 26.9. The van der Waals surface area contributed by atoms with Gasteiger partial charge in [-0.3, -0.25) is 9.89 Å². The third-order valence-electron chi connectivity index (χ3n) is 5.24. The molecule has 178 valence electrons. The number of rotatable bonds is 9. The molecule has 2 heterocycles. The SMILES string of the molecule is CCNC(=NCC(c1ccc(F)cc1)N1CCOCC1)NCCc1csc(C(C)C)n1.I. The van der Waals surface area contributed by atoms with E-state index in [1.54, 1.807) is 11.3 Å². The number of hydrogen-bond donors (Lipinski definition) is 2. The van der Waals surface area contributed by atoms with E-state index >= 15 is 0 Å². The quantitative estimate of drug-likeness (QED) is 0.267. The van der Waals surface area contributed by atoms with Gasteiger partial charge in [0.2, 0.25) is 0 Å². The predicted octanol–water partition coefficient (Wildman–Crippen LogP) is 4.19. The molecule has 2 N–H and O–H groups in total. The van der Waals surface area contributed by atoms with Crippen LogP contribution < -0.4 is 10.6 Å². The van der Waals surface area contributed by atoms with Crippen LogP contribution in [0.2, 0.25) is 0 Å². The maximum absolute atomic E-state index is 13.4. The molecule has 0 saturated carbocycles. The summed E-state index contributed by atoms with van der Waals surface area (Å²) in [6.07, 6.45) is 0.860. The van der Waals surface area contributed by atoms with Gasteiger partial charge in [0.1, 0.15) is 5.82 Å². The highest BCUT2D eigenvalue weighted by atomic mass is 127. The Bertz CT molecular complexity index is 824. The molecule has 1 aromatic carbocycles. The van der Waals surface area contributed by atoms with Crippen molar-refractivity contribution in [2.45, 2.75) is 39.2 Å². The fraction of sp³-hybridized carbons (Fsp3) is 0.565. The minimum Gasteiger partial charge on any atom is -0.379 e. The second kappa shape index (κ2) is 14.1. The second-order valence-corrected chi connectivity index (χ2v) is 8.83. The summed E-state index contributed by atoms with van der Waals surface area (Å²) in [6, 6.07) is 6.86. The van der Waals surface area contributed by atoms with E-state index in [0.717, 1.165) is 49.8 Å². The van der Waals surface area contributed by atoms with Crippen molar-refractivity contribution in [1.29, 1.82) is 0 Å². The minimum atomic E-state index is -0.217. The molecule has 6 nitrogen and oxygen atoms in total. The van der Waals surface area contributed by atoms with Crippen LogP contribution in [0.25, 0.3) is 0 Å². The molecule has 1 saturated heterocycles. The van der Waals surface area contributed by atoms with Crippen LogP contribution >= 0.6 is 35.3 Å². The van der Waals surface area contributed by atoms with Gasteiger partial charge in [0.25, 0.3) is 0 Å². The van der Waals surface area contributed by atoms with E-state index in [0.29, 0.717) is 25.7 Å². The van der Waals surface area contributed by atoms with Gasteiger partial charge in [-0.15, -0.1) is 35.3 Å². The van der Waals surface area contributed by atoms with E-state index in [1.165, 1.54) is 17.1 Å². The number of aliphatic imine (C=N–C) groups is 1. The maximum Gasteiger partial charge on any atom is 0.191 e. The Labute approximate surface area is 212 Å².